The Bertz CT molecular complexity index is 732. The molecule has 25 heavy (non-hydrogen) atoms. The van der Waals surface area contributed by atoms with Crippen LogP contribution in [0.3, 0.4) is 0 Å². The summed E-state index contributed by atoms with van der Waals surface area (Å²) in [5.41, 5.74) is 3.53. The van der Waals surface area contributed by atoms with Crippen LogP contribution in [0, 0.1) is 12.8 Å². The predicted octanol–water partition coefficient (Wildman–Crippen LogP) is 4.61. The molecule has 0 saturated carbocycles. The first-order chi connectivity index (χ1) is 11.9. The Hall–Kier alpha value is -2.14. The summed E-state index contributed by atoms with van der Waals surface area (Å²) in [6.07, 6.45) is 1.05. The van der Waals surface area contributed by atoms with Crippen LogP contribution in [0.5, 0.6) is 0 Å². The minimum absolute atomic E-state index is 0.132. The first kappa shape index (κ1) is 19.2. The van der Waals surface area contributed by atoms with Gasteiger partial charge in [-0.25, -0.2) is 4.79 Å². The fraction of sp³-hybridized carbons (Fsp3) is 0.400. The molecule has 0 radical (unpaired) electrons. The number of nitrogens with one attached hydrogen (secondary N) is 1. The Morgan fingerprint density at radius 1 is 1.20 bits per heavy atom. The normalized spacial score (nSPS) is 10.8. The van der Waals surface area contributed by atoms with Crippen LogP contribution in [-0.4, -0.2) is 18.5 Å². The van der Waals surface area contributed by atoms with Gasteiger partial charge in [-0.15, -0.1) is 11.3 Å². The molecule has 1 amide bonds. The SMILES string of the molecule is CCOC(=O)c1c(CC(C)C)csc1NC(=O)Cc1ccc(C)cc1. The lowest BCUT2D eigenvalue weighted by Crippen LogP contribution is -2.17. The van der Waals surface area contributed by atoms with Crippen molar-refractivity contribution in [1.29, 1.82) is 0 Å². The van der Waals surface area contributed by atoms with Crippen LogP contribution in [0.25, 0.3) is 0 Å². The molecule has 0 spiro atoms. The van der Waals surface area contributed by atoms with Crippen LogP contribution in [0.4, 0.5) is 5.00 Å². The molecule has 0 atom stereocenters. The van der Waals surface area contributed by atoms with E-state index in [1.807, 2.05) is 36.6 Å². The number of carbonyl (C=O) groups excluding carboxylic acids is 2. The molecule has 1 heterocycles. The maximum absolute atomic E-state index is 12.4. The Kier molecular flexibility index (Phi) is 6.76. The molecule has 1 aromatic carbocycles. The number of rotatable bonds is 7. The standard InChI is InChI=1S/C20H25NO3S/c1-5-24-20(23)18-16(10-13(2)3)12-25-19(18)21-17(22)11-15-8-6-14(4)7-9-15/h6-9,12-13H,5,10-11H2,1-4H3,(H,21,22). The van der Waals surface area contributed by atoms with Crippen molar-refractivity contribution in [3.63, 3.8) is 0 Å². The molecule has 0 aliphatic carbocycles. The molecule has 0 saturated heterocycles. The second kappa shape index (κ2) is 8.81. The summed E-state index contributed by atoms with van der Waals surface area (Å²) in [6.45, 7) is 8.30. The van der Waals surface area contributed by atoms with E-state index in [0.29, 0.717) is 23.1 Å². The van der Waals surface area contributed by atoms with Crippen LogP contribution < -0.4 is 5.32 Å². The van der Waals surface area contributed by atoms with Gasteiger partial charge in [0.05, 0.1) is 18.6 Å². The molecule has 2 aromatic rings. The van der Waals surface area contributed by atoms with Crippen molar-refractivity contribution in [2.75, 3.05) is 11.9 Å². The highest BCUT2D eigenvalue weighted by Crippen LogP contribution is 2.31. The van der Waals surface area contributed by atoms with Gasteiger partial charge < -0.3 is 10.1 Å². The van der Waals surface area contributed by atoms with Gasteiger partial charge in [0.25, 0.3) is 0 Å². The Morgan fingerprint density at radius 2 is 1.88 bits per heavy atom. The zero-order chi connectivity index (χ0) is 18.4. The van der Waals surface area contributed by atoms with Crippen molar-refractivity contribution in [2.24, 2.45) is 5.92 Å². The zero-order valence-electron chi connectivity index (χ0n) is 15.2. The Morgan fingerprint density at radius 3 is 2.48 bits per heavy atom. The third kappa shape index (κ3) is 5.43. The number of esters is 1. The average molecular weight is 359 g/mol. The van der Waals surface area contributed by atoms with Gasteiger partial charge in [0.15, 0.2) is 0 Å². The maximum Gasteiger partial charge on any atom is 0.341 e. The molecule has 0 fully saturated rings. The van der Waals surface area contributed by atoms with Crippen molar-refractivity contribution < 1.29 is 14.3 Å². The van der Waals surface area contributed by atoms with Gasteiger partial charge in [-0.05, 0) is 42.7 Å². The fourth-order valence-corrected chi connectivity index (χ4v) is 3.54. The summed E-state index contributed by atoms with van der Waals surface area (Å²) in [6, 6.07) is 7.86. The lowest BCUT2D eigenvalue weighted by atomic mass is 10.0. The maximum atomic E-state index is 12.4. The lowest BCUT2D eigenvalue weighted by Gasteiger charge is -2.10. The lowest BCUT2D eigenvalue weighted by molar-refractivity contribution is -0.115. The minimum atomic E-state index is -0.370. The third-order valence-corrected chi connectivity index (χ3v) is 4.66. The number of ether oxygens (including phenoxy) is 1. The second-order valence-corrected chi connectivity index (χ2v) is 7.37. The monoisotopic (exact) mass is 359 g/mol. The van der Waals surface area contributed by atoms with Gasteiger partial charge in [-0.3, -0.25) is 4.79 Å². The number of amides is 1. The molecule has 134 valence electrons. The van der Waals surface area contributed by atoms with Crippen molar-refractivity contribution in [3.8, 4) is 0 Å². The number of aryl methyl sites for hydroxylation is 1. The van der Waals surface area contributed by atoms with Crippen molar-refractivity contribution in [1.82, 2.24) is 0 Å². The number of benzene rings is 1. The van der Waals surface area contributed by atoms with Gasteiger partial charge >= 0.3 is 5.97 Å². The highest BCUT2D eigenvalue weighted by atomic mass is 32.1. The van der Waals surface area contributed by atoms with Gasteiger partial charge in [0.2, 0.25) is 5.91 Å². The van der Waals surface area contributed by atoms with Crippen LogP contribution in [-0.2, 0) is 22.4 Å². The van der Waals surface area contributed by atoms with E-state index >= 15 is 0 Å². The molecule has 4 nitrogen and oxygen atoms in total. The molecule has 0 aliphatic heterocycles. The summed E-state index contributed by atoms with van der Waals surface area (Å²) in [5.74, 6) is -0.0868. The van der Waals surface area contributed by atoms with E-state index in [4.69, 9.17) is 4.74 Å². The van der Waals surface area contributed by atoms with Gasteiger partial charge in [0, 0.05) is 0 Å². The number of thiophene rings is 1. The van der Waals surface area contributed by atoms with Crippen molar-refractivity contribution in [3.05, 3.63) is 51.9 Å². The molecule has 5 heteroatoms. The average Bonchev–Trinajstić information content (AvgIpc) is 2.91. The first-order valence-electron chi connectivity index (χ1n) is 8.53. The zero-order valence-corrected chi connectivity index (χ0v) is 16.0. The molecule has 0 unspecified atom stereocenters. The van der Waals surface area contributed by atoms with E-state index < -0.39 is 0 Å². The Balaban J connectivity index is 2.16. The summed E-state index contributed by atoms with van der Waals surface area (Å²) in [5, 5.41) is 5.40. The molecule has 2 rings (SSSR count). The van der Waals surface area contributed by atoms with Gasteiger partial charge in [-0.1, -0.05) is 43.7 Å². The topological polar surface area (TPSA) is 55.4 Å². The van der Waals surface area contributed by atoms with E-state index in [0.717, 1.165) is 23.1 Å². The molecular weight excluding hydrogens is 334 g/mol. The smallest absolute Gasteiger partial charge is 0.341 e. The van der Waals surface area contributed by atoms with E-state index in [-0.39, 0.29) is 18.3 Å². The van der Waals surface area contributed by atoms with Crippen molar-refractivity contribution >= 4 is 28.2 Å². The minimum Gasteiger partial charge on any atom is -0.462 e. The van der Waals surface area contributed by atoms with Gasteiger partial charge in [-0.2, -0.15) is 0 Å². The summed E-state index contributed by atoms with van der Waals surface area (Å²) in [4.78, 5) is 24.7. The number of anilines is 1. The largest absolute Gasteiger partial charge is 0.462 e. The summed E-state index contributed by atoms with van der Waals surface area (Å²) in [7, 11) is 0. The summed E-state index contributed by atoms with van der Waals surface area (Å²) < 4.78 is 5.18. The van der Waals surface area contributed by atoms with Crippen LogP contribution in [0.1, 0.15) is 47.8 Å². The second-order valence-electron chi connectivity index (χ2n) is 6.49. The molecule has 1 aromatic heterocycles. The van der Waals surface area contributed by atoms with E-state index in [1.54, 1.807) is 6.92 Å². The quantitative estimate of drug-likeness (QED) is 0.734. The van der Waals surface area contributed by atoms with E-state index in [9.17, 15) is 9.59 Å². The third-order valence-electron chi connectivity index (χ3n) is 3.71. The number of hydrogen-bond acceptors (Lipinski definition) is 4. The molecule has 0 bridgehead atoms. The van der Waals surface area contributed by atoms with Crippen molar-refractivity contribution in [2.45, 2.75) is 40.5 Å². The first-order valence-corrected chi connectivity index (χ1v) is 9.41. The predicted molar refractivity (Wildman–Crippen MR) is 102 cm³/mol. The van der Waals surface area contributed by atoms with Crippen LogP contribution in [0.2, 0.25) is 0 Å². The van der Waals surface area contributed by atoms with Gasteiger partial charge in [0.1, 0.15) is 5.00 Å². The van der Waals surface area contributed by atoms with E-state index in [1.165, 1.54) is 11.3 Å². The van der Waals surface area contributed by atoms with E-state index in [2.05, 4.69) is 19.2 Å². The molecular formula is C20H25NO3S. The fourth-order valence-electron chi connectivity index (χ4n) is 2.56. The highest BCUT2D eigenvalue weighted by molar-refractivity contribution is 7.15. The van der Waals surface area contributed by atoms with Crippen LogP contribution >= 0.6 is 11.3 Å². The number of carbonyl (C=O) groups is 2. The molecule has 0 aliphatic rings. The van der Waals surface area contributed by atoms with Crippen LogP contribution in [0.15, 0.2) is 29.6 Å². The summed E-state index contributed by atoms with van der Waals surface area (Å²) >= 11 is 1.38. The molecule has 1 N–H and O–H groups in total. The highest BCUT2D eigenvalue weighted by Gasteiger charge is 2.22. The number of hydrogen-bond donors (Lipinski definition) is 1. The Labute approximate surface area is 153 Å².